The largest absolute Gasteiger partial charge is 0.355 e. The summed E-state index contributed by atoms with van der Waals surface area (Å²) in [6.07, 6.45) is 2.14. The molecule has 1 aromatic carbocycles. The van der Waals surface area contributed by atoms with Gasteiger partial charge in [0.1, 0.15) is 0 Å². The molecule has 2 rings (SSSR count). The maximum Gasteiger partial charge on any atom is 0.223 e. The van der Waals surface area contributed by atoms with Gasteiger partial charge in [0.15, 0.2) is 0 Å². The number of benzene rings is 1. The van der Waals surface area contributed by atoms with Crippen molar-refractivity contribution in [3.8, 4) is 0 Å². The minimum absolute atomic E-state index is 0.230. The van der Waals surface area contributed by atoms with Crippen molar-refractivity contribution in [3.63, 3.8) is 0 Å². The van der Waals surface area contributed by atoms with Gasteiger partial charge in [-0.2, -0.15) is 11.8 Å². The van der Waals surface area contributed by atoms with Crippen LogP contribution in [0.4, 0.5) is 0 Å². The van der Waals surface area contributed by atoms with Crippen molar-refractivity contribution in [1.29, 1.82) is 0 Å². The zero-order valence-electron chi connectivity index (χ0n) is 9.62. The van der Waals surface area contributed by atoms with E-state index in [1.54, 1.807) is 0 Å². The third-order valence-corrected chi connectivity index (χ3v) is 3.92. The van der Waals surface area contributed by atoms with Crippen LogP contribution in [-0.4, -0.2) is 18.2 Å². The van der Waals surface area contributed by atoms with Crippen molar-refractivity contribution in [1.82, 2.24) is 5.32 Å². The van der Waals surface area contributed by atoms with Gasteiger partial charge in [-0.3, -0.25) is 4.79 Å². The van der Waals surface area contributed by atoms with E-state index in [1.165, 1.54) is 5.56 Å². The molecule has 0 bridgehead atoms. The lowest BCUT2D eigenvalue weighted by molar-refractivity contribution is -0.122. The molecule has 0 saturated heterocycles. The molecule has 1 N–H and O–H groups in total. The molecule has 1 amide bonds. The van der Waals surface area contributed by atoms with Crippen LogP contribution >= 0.6 is 23.4 Å². The van der Waals surface area contributed by atoms with Gasteiger partial charge in [0.25, 0.3) is 0 Å². The Balaban J connectivity index is 1.58. The number of amides is 1. The topological polar surface area (TPSA) is 29.1 Å². The van der Waals surface area contributed by atoms with E-state index in [1.807, 2.05) is 30.0 Å². The highest BCUT2D eigenvalue weighted by atomic mass is 35.5. The average molecular weight is 270 g/mol. The summed E-state index contributed by atoms with van der Waals surface area (Å²) in [6, 6.07) is 7.90. The molecule has 17 heavy (non-hydrogen) atoms. The smallest absolute Gasteiger partial charge is 0.223 e. The molecular weight excluding hydrogens is 254 g/mol. The molecule has 0 radical (unpaired) electrons. The van der Waals surface area contributed by atoms with E-state index >= 15 is 0 Å². The van der Waals surface area contributed by atoms with Gasteiger partial charge >= 0.3 is 0 Å². The minimum Gasteiger partial charge on any atom is -0.355 e. The Morgan fingerprint density at radius 2 is 2.29 bits per heavy atom. The molecule has 0 aromatic heterocycles. The first-order valence-electron chi connectivity index (χ1n) is 5.85. The first-order chi connectivity index (χ1) is 8.25. The van der Waals surface area contributed by atoms with Crippen LogP contribution in [0.25, 0.3) is 0 Å². The van der Waals surface area contributed by atoms with Crippen molar-refractivity contribution >= 4 is 29.3 Å². The van der Waals surface area contributed by atoms with Gasteiger partial charge in [0.05, 0.1) is 0 Å². The second kappa shape index (κ2) is 6.31. The predicted octanol–water partition coefficient (Wildman–Crippen LogP) is 3.10. The van der Waals surface area contributed by atoms with Crippen LogP contribution in [-0.2, 0) is 10.5 Å². The SMILES string of the molecule is O=C(NCCSCc1cccc(Cl)c1)C1CC1. The number of thioether (sulfide) groups is 1. The van der Waals surface area contributed by atoms with E-state index in [2.05, 4.69) is 11.4 Å². The van der Waals surface area contributed by atoms with Crippen LogP contribution < -0.4 is 5.32 Å². The van der Waals surface area contributed by atoms with E-state index in [0.717, 1.165) is 35.9 Å². The Morgan fingerprint density at radius 3 is 3.00 bits per heavy atom. The molecule has 2 nitrogen and oxygen atoms in total. The van der Waals surface area contributed by atoms with Crippen LogP contribution in [0.1, 0.15) is 18.4 Å². The monoisotopic (exact) mass is 269 g/mol. The zero-order valence-corrected chi connectivity index (χ0v) is 11.2. The number of rotatable bonds is 6. The summed E-state index contributed by atoms with van der Waals surface area (Å²) in [5, 5.41) is 3.74. The van der Waals surface area contributed by atoms with Crippen LogP contribution in [0.3, 0.4) is 0 Å². The van der Waals surface area contributed by atoms with Crippen molar-refractivity contribution in [2.75, 3.05) is 12.3 Å². The Kier molecular flexibility index (Phi) is 4.75. The first-order valence-corrected chi connectivity index (χ1v) is 7.39. The summed E-state index contributed by atoms with van der Waals surface area (Å²) in [7, 11) is 0. The standard InChI is InChI=1S/C13H16ClNOS/c14-12-3-1-2-10(8-12)9-17-7-6-15-13(16)11-4-5-11/h1-3,8,11H,4-7,9H2,(H,15,16). The summed E-state index contributed by atoms with van der Waals surface area (Å²) >= 11 is 7.72. The van der Waals surface area contributed by atoms with Gasteiger partial charge in [-0.25, -0.2) is 0 Å². The van der Waals surface area contributed by atoms with Gasteiger partial charge in [-0.1, -0.05) is 23.7 Å². The molecule has 1 fully saturated rings. The van der Waals surface area contributed by atoms with Crippen molar-refractivity contribution in [2.45, 2.75) is 18.6 Å². The number of halogens is 1. The van der Waals surface area contributed by atoms with Gasteiger partial charge in [0.2, 0.25) is 5.91 Å². The van der Waals surface area contributed by atoms with Crippen LogP contribution in [0.15, 0.2) is 24.3 Å². The Bertz CT molecular complexity index is 393. The molecule has 1 aromatic rings. The number of carbonyl (C=O) groups is 1. The quantitative estimate of drug-likeness (QED) is 0.804. The van der Waals surface area contributed by atoms with Crippen molar-refractivity contribution < 1.29 is 4.79 Å². The van der Waals surface area contributed by atoms with Gasteiger partial charge in [-0.15, -0.1) is 0 Å². The number of carbonyl (C=O) groups excluding carboxylic acids is 1. The van der Waals surface area contributed by atoms with Crippen molar-refractivity contribution in [2.24, 2.45) is 5.92 Å². The Morgan fingerprint density at radius 1 is 1.47 bits per heavy atom. The third-order valence-electron chi connectivity index (χ3n) is 2.65. The predicted molar refractivity (Wildman–Crippen MR) is 73.3 cm³/mol. The molecule has 0 unspecified atom stereocenters. The third kappa shape index (κ3) is 4.60. The summed E-state index contributed by atoms with van der Waals surface area (Å²) < 4.78 is 0. The van der Waals surface area contributed by atoms with Gasteiger partial charge in [0, 0.05) is 29.0 Å². The van der Waals surface area contributed by atoms with Gasteiger partial charge in [-0.05, 0) is 30.5 Å². The Labute approximate surface area is 111 Å². The van der Waals surface area contributed by atoms with Gasteiger partial charge < -0.3 is 5.32 Å². The summed E-state index contributed by atoms with van der Waals surface area (Å²) in [4.78, 5) is 11.3. The van der Waals surface area contributed by atoms with Crippen LogP contribution in [0.2, 0.25) is 5.02 Å². The first kappa shape index (κ1) is 12.8. The van der Waals surface area contributed by atoms with Crippen LogP contribution in [0, 0.1) is 5.92 Å². The van der Waals surface area contributed by atoms with E-state index in [0.29, 0.717) is 5.92 Å². The lowest BCUT2D eigenvalue weighted by Gasteiger charge is -2.04. The highest BCUT2D eigenvalue weighted by Crippen LogP contribution is 2.28. The van der Waals surface area contributed by atoms with E-state index < -0.39 is 0 Å². The Hall–Kier alpha value is -0.670. The highest BCUT2D eigenvalue weighted by Gasteiger charge is 2.28. The second-order valence-electron chi connectivity index (χ2n) is 4.25. The van der Waals surface area contributed by atoms with Crippen molar-refractivity contribution in [3.05, 3.63) is 34.9 Å². The summed E-state index contributed by atoms with van der Waals surface area (Å²) in [6.45, 7) is 0.764. The minimum atomic E-state index is 0.230. The fraction of sp³-hybridized carbons (Fsp3) is 0.462. The fourth-order valence-electron chi connectivity index (χ4n) is 1.55. The number of hydrogen-bond acceptors (Lipinski definition) is 2. The molecule has 0 spiro atoms. The van der Waals surface area contributed by atoms with E-state index in [9.17, 15) is 4.79 Å². The molecule has 0 aliphatic heterocycles. The maximum atomic E-state index is 11.3. The molecule has 0 heterocycles. The highest BCUT2D eigenvalue weighted by molar-refractivity contribution is 7.98. The molecule has 1 aliphatic carbocycles. The number of hydrogen-bond donors (Lipinski definition) is 1. The molecule has 1 saturated carbocycles. The lowest BCUT2D eigenvalue weighted by atomic mass is 10.2. The lowest BCUT2D eigenvalue weighted by Crippen LogP contribution is -2.26. The summed E-state index contributed by atoms with van der Waals surface area (Å²) in [5.74, 6) is 2.44. The summed E-state index contributed by atoms with van der Waals surface area (Å²) in [5.41, 5.74) is 1.23. The second-order valence-corrected chi connectivity index (χ2v) is 5.79. The molecular formula is C13H16ClNOS. The van der Waals surface area contributed by atoms with E-state index in [-0.39, 0.29) is 5.91 Å². The molecule has 92 valence electrons. The normalized spacial score (nSPS) is 14.6. The fourth-order valence-corrected chi connectivity index (χ4v) is 2.57. The van der Waals surface area contributed by atoms with Crippen LogP contribution in [0.5, 0.6) is 0 Å². The van der Waals surface area contributed by atoms with E-state index in [4.69, 9.17) is 11.6 Å². The maximum absolute atomic E-state index is 11.3. The molecule has 0 atom stereocenters. The molecule has 1 aliphatic rings. The zero-order chi connectivity index (χ0) is 12.1. The average Bonchev–Trinajstić information content (AvgIpc) is 3.12. The molecule has 4 heteroatoms. The number of nitrogens with one attached hydrogen (secondary N) is 1.